The Hall–Kier alpha value is -2.15. The minimum atomic E-state index is 1.07. The van der Waals surface area contributed by atoms with E-state index < -0.39 is 0 Å². The maximum absolute atomic E-state index is 4.55. The van der Waals surface area contributed by atoms with Crippen molar-refractivity contribution in [2.24, 2.45) is 4.99 Å². The number of aryl methyl sites for hydroxylation is 3. The van der Waals surface area contributed by atoms with Crippen molar-refractivity contribution in [3.8, 4) is 0 Å². The number of rotatable bonds is 3. The molecule has 0 aliphatic rings. The zero-order chi connectivity index (χ0) is 13.7. The zero-order valence-corrected chi connectivity index (χ0v) is 11.7. The highest BCUT2D eigenvalue weighted by atomic mass is 14.7. The average Bonchev–Trinajstić information content (AvgIpc) is 2.38. The fraction of sp³-hybridized carbons (Fsp3) is 0.167. The van der Waals surface area contributed by atoms with E-state index in [0.29, 0.717) is 0 Å². The van der Waals surface area contributed by atoms with Crippen LogP contribution >= 0.6 is 0 Å². The summed E-state index contributed by atoms with van der Waals surface area (Å²) in [5.41, 5.74) is 5.99. The summed E-state index contributed by atoms with van der Waals surface area (Å²) in [5, 5.41) is 0. The van der Waals surface area contributed by atoms with Crippen LogP contribution in [0.3, 0.4) is 0 Å². The van der Waals surface area contributed by atoms with Crippen molar-refractivity contribution in [1.82, 2.24) is 0 Å². The minimum Gasteiger partial charge on any atom is -0.256 e. The number of aliphatic imine (C=N–C) groups is 1. The predicted molar refractivity (Wildman–Crippen MR) is 84.3 cm³/mol. The van der Waals surface area contributed by atoms with Gasteiger partial charge < -0.3 is 0 Å². The highest BCUT2D eigenvalue weighted by Gasteiger charge is 2.00. The molecule has 0 aliphatic heterocycles. The molecular weight excluding hydrogens is 230 g/mol. The lowest BCUT2D eigenvalue weighted by Gasteiger charge is -2.05. The molecule has 0 bridgehead atoms. The molecule has 0 aromatic heterocycles. The largest absolute Gasteiger partial charge is 0.256 e. The molecule has 0 heterocycles. The summed E-state index contributed by atoms with van der Waals surface area (Å²) < 4.78 is 0. The first-order chi connectivity index (χ1) is 9.16. The molecule has 2 aromatic carbocycles. The Morgan fingerprint density at radius 3 is 2.16 bits per heavy atom. The second kappa shape index (κ2) is 6.14. The molecule has 0 saturated heterocycles. The number of hydrogen-bond donors (Lipinski definition) is 0. The molecule has 0 radical (unpaired) electrons. The van der Waals surface area contributed by atoms with Crippen LogP contribution < -0.4 is 0 Å². The molecule has 1 nitrogen and oxygen atoms in total. The Morgan fingerprint density at radius 1 is 0.895 bits per heavy atom. The third kappa shape index (κ3) is 3.65. The average molecular weight is 249 g/mol. The lowest BCUT2D eigenvalue weighted by molar-refractivity contribution is 1.29. The van der Waals surface area contributed by atoms with Crippen LogP contribution in [0.4, 0.5) is 5.69 Å². The standard InChI is InChI=1S/C18H19N/c1-14-12-15(2)18(16(3)13-14)19-11-7-10-17-8-5-4-6-9-17/h4-13H,1-3H3/b10-7-,19-11?. The van der Waals surface area contributed by atoms with Gasteiger partial charge in [0.25, 0.3) is 0 Å². The Bertz CT molecular complexity index is 584. The molecule has 0 amide bonds. The lowest BCUT2D eigenvalue weighted by atomic mass is 10.1. The first-order valence-corrected chi connectivity index (χ1v) is 6.50. The van der Waals surface area contributed by atoms with Crippen LogP contribution in [0.5, 0.6) is 0 Å². The summed E-state index contributed by atoms with van der Waals surface area (Å²) >= 11 is 0. The SMILES string of the molecule is Cc1cc(C)c(N=C/C=C\c2ccccc2)c(C)c1. The van der Waals surface area contributed by atoms with Gasteiger partial charge in [0.1, 0.15) is 0 Å². The molecule has 0 unspecified atom stereocenters. The lowest BCUT2D eigenvalue weighted by Crippen LogP contribution is -1.83. The molecule has 2 aromatic rings. The molecule has 2 rings (SSSR count). The van der Waals surface area contributed by atoms with Crippen molar-refractivity contribution in [3.63, 3.8) is 0 Å². The van der Waals surface area contributed by atoms with E-state index in [0.717, 1.165) is 5.69 Å². The van der Waals surface area contributed by atoms with Gasteiger partial charge in [-0.15, -0.1) is 0 Å². The first kappa shape index (κ1) is 13.3. The second-order valence-corrected chi connectivity index (χ2v) is 4.80. The predicted octanol–water partition coefficient (Wildman–Crippen LogP) is 5.03. The number of nitrogens with zero attached hydrogens (tertiary/aromatic N) is 1. The zero-order valence-electron chi connectivity index (χ0n) is 11.7. The second-order valence-electron chi connectivity index (χ2n) is 4.80. The van der Waals surface area contributed by atoms with Crippen molar-refractivity contribution in [3.05, 3.63) is 70.8 Å². The van der Waals surface area contributed by atoms with Gasteiger partial charge in [0, 0.05) is 6.21 Å². The van der Waals surface area contributed by atoms with Crippen LogP contribution in [0.25, 0.3) is 6.08 Å². The van der Waals surface area contributed by atoms with Gasteiger partial charge in [-0.2, -0.15) is 0 Å². The van der Waals surface area contributed by atoms with E-state index in [2.05, 4.69) is 56.1 Å². The smallest absolute Gasteiger partial charge is 0.0688 e. The fourth-order valence-corrected chi connectivity index (χ4v) is 2.21. The highest BCUT2D eigenvalue weighted by Crippen LogP contribution is 2.24. The molecule has 1 heteroatoms. The van der Waals surface area contributed by atoms with E-state index in [1.165, 1.54) is 22.3 Å². The molecule has 0 saturated carbocycles. The fourth-order valence-electron chi connectivity index (χ4n) is 2.21. The van der Waals surface area contributed by atoms with Gasteiger partial charge in [0.05, 0.1) is 5.69 Å². The Morgan fingerprint density at radius 2 is 1.53 bits per heavy atom. The quantitative estimate of drug-likeness (QED) is 0.677. The Labute approximate surface area is 115 Å². The van der Waals surface area contributed by atoms with Gasteiger partial charge >= 0.3 is 0 Å². The molecule has 0 fully saturated rings. The molecule has 0 N–H and O–H groups in total. The maximum Gasteiger partial charge on any atom is 0.0688 e. The normalized spacial score (nSPS) is 11.5. The highest BCUT2D eigenvalue weighted by molar-refractivity contribution is 5.81. The summed E-state index contributed by atoms with van der Waals surface area (Å²) in [6, 6.07) is 14.6. The summed E-state index contributed by atoms with van der Waals surface area (Å²) in [5.74, 6) is 0. The third-order valence-electron chi connectivity index (χ3n) is 3.01. The van der Waals surface area contributed by atoms with Crippen LogP contribution in [-0.4, -0.2) is 6.21 Å². The van der Waals surface area contributed by atoms with Crippen molar-refractivity contribution >= 4 is 18.0 Å². The van der Waals surface area contributed by atoms with Crippen molar-refractivity contribution < 1.29 is 0 Å². The first-order valence-electron chi connectivity index (χ1n) is 6.50. The van der Waals surface area contributed by atoms with Crippen LogP contribution in [0.1, 0.15) is 22.3 Å². The minimum absolute atomic E-state index is 1.07. The van der Waals surface area contributed by atoms with E-state index >= 15 is 0 Å². The number of allylic oxidation sites excluding steroid dienone is 1. The Balaban J connectivity index is 2.14. The van der Waals surface area contributed by atoms with Gasteiger partial charge in [0.15, 0.2) is 0 Å². The van der Waals surface area contributed by atoms with E-state index in [-0.39, 0.29) is 0 Å². The van der Waals surface area contributed by atoms with E-state index in [4.69, 9.17) is 0 Å². The van der Waals surface area contributed by atoms with Gasteiger partial charge in [0.2, 0.25) is 0 Å². The topological polar surface area (TPSA) is 12.4 Å². The summed E-state index contributed by atoms with van der Waals surface area (Å²) in [4.78, 5) is 4.55. The van der Waals surface area contributed by atoms with Gasteiger partial charge in [-0.3, -0.25) is 4.99 Å². The van der Waals surface area contributed by atoms with Crippen LogP contribution in [-0.2, 0) is 0 Å². The third-order valence-corrected chi connectivity index (χ3v) is 3.01. The summed E-state index contributed by atoms with van der Waals surface area (Å²) in [6.07, 6.45) is 5.90. The molecule has 0 aliphatic carbocycles. The molecule has 19 heavy (non-hydrogen) atoms. The number of benzene rings is 2. The van der Waals surface area contributed by atoms with Gasteiger partial charge in [-0.1, -0.05) is 54.1 Å². The monoisotopic (exact) mass is 249 g/mol. The van der Waals surface area contributed by atoms with Crippen molar-refractivity contribution in [2.75, 3.05) is 0 Å². The van der Waals surface area contributed by atoms with Crippen molar-refractivity contribution in [1.29, 1.82) is 0 Å². The van der Waals surface area contributed by atoms with E-state index in [1.807, 2.05) is 30.5 Å². The van der Waals surface area contributed by atoms with E-state index in [1.54, 1.807) is 0 Å². The van der Waals surface area contributed by atoms with Crippen LogP contribution in [0.2, 0.25) is 0 Å². The van der Waals surface area contributed by atoms with Crippen LogP contribution in [0, 0.1) is 20.8 Å². The summed E-state index contributed by atoms with van der Waals surface area (Å²) in [6.45, 7) is 6.32. The molecular formula is C18H19N. The van der Waals surface area contributed by atoms with Gasteiger partial charge in [-0.25, -0.2) is 0 Å². The van der Waals surface area contributed by atoms with Crippen molar-refractivity contribution in [2.45, 2.75) is 20.8 Å². The molecule has 0 spiro atoms. The maximum atomic E-state index is 4.55. The Kier molecular flexibility index (Phi) is 4.30. The summed E-state index contributed by atoms with van der Waals surface area (Å²) in [7, 11) is 0. The van der Waals surface area contributed by atoms with Crippen LogP contribution in [0.15, 0.2) is 53.5 Å². The number of hydrogen-bond acceptors (Lipinski definition) is 1. The van der Waals surface area contributed by atoms with E-state index in [9.17, 15) is 0 Å². The van der Waals surface area contributed by atoms with Gasteiger partial charge in [-0.05, 0) is 43.5 Å². The molecule has 0 atom stereocenters. The molecule has 96 valence electrons.